The lowest BCUT2D eigenvalue weighted by Gasteiger charge is -2.12. The van der Waals surface area contributed by atoms with Crippen LogP contribution in [0.1, 0.15) is 21.7 Å². The van der Waals surface area contributed by atoms with Gasteiger partial charge >= 0.3 is 5.97 Å². The lowest BCUT2D eigenvalue weighted by molar-refractivity contribution is -0.135. The van der Waals surface area contributed by atoms with Crippen LogP contribution >= 0.6 is 11.6 Å². The molecule has 7 heteroatoms. The molecule has 0 radical (unpaired) electrons. The molecule has 24 heavy (non-hydrogen) atoms. The number of ether oxygens (including phenoxy) is 1. The van der Waals surface area contributed by atoms with Gasteiger partial charge in [0.05, 0.1) is 23.8 Å². The second-order valence-corrected chi connectivity index (χ2v) is 5.76. The maximum absolute atomic E-state index is 12.6. The van der Waals surface area contributed by atoms with Gasteiger partial charge in [0.1, 0.15) is 0 Å². The highest BCUT2D eigenvalue weighted by Crippen LogP contribution is 2.35. The van der Waals surface area contributed by atoms with Crippen LogP contribution in [0.5, 0.6) is 0 Å². The van der Waals surface area contributed by atoms with Crippen molar-refractivity contribution < 1.29 is 14.3 Å². The lowest BCUT2D eigenvalue weighted by atomic mass is 9.93. The van der Waals surface area contributed by atoms with E-state index in [9.17, 15) is 9.59 Å². The molecule has 6 nitrogen and oxygen atoms in total. The molecule has 2 heterocycles. The molecule has 0 saturated heterocycles. The van der Waals surface area contributed by atoms with Crippen molar-refractivity contribution in [3.8, 4) is 11.1 Å². The topological polar surface area (TPSA) is 84.9 Å². The summed E-state index contributed by atoms with van der Waals surface area (Å²) < 4.78 is 4.59. The van der Waals surface area contributed by atoms with Gasteiger partial charge in [0, 0.05) is 16.3 Å². The number of aromatic nitrogens is 3. The molecular formula is C17H14ClN3O3. The number of nitrogens with one attached hydrogen (secondary N) is 1. The summed E-state index contributed by atoms with van der Waals surface area (Å²) in [4.78, 5) is 28.7. The van der Waals surface area contributed by atoms with Crippen LogP contribution in [0.4, 0.5) is 0 Å². The minimum absolute atomic E-state index is 0.209. The molecule has 1 aromatic carbocycles. The number of hydrogen-bond donors (Lipinski definition) is 1. The fraction of sp³-hybridized carbons (Fsp3) is 0.176. The summed E-state index contributed by atoms with van der Waals surface area (Å²) in [5.74, 6) is -1.68. The van der Waals surface area contributed by atoms with E-state index in [4.69, 9.17) is 11.6 Å². The molecule has 0 spiro atoms. The number of hydrogen-bond acceptors (Lipinski definition) is 5. The van der Waals surface area contributed by atoms with Gasteiger partial charge in [-0.2, -0.15) is 5.10 Å². The molecule has 3 aromatic rings. The predicted octanol–water partition coefficient (Wildman–Crippen LogP) is 3.25. The fourth-order valence-corrected chi connectivity index (χ4v) is 2.82. The monoisotopic (exact) mass is 343 g/mol. The van der Waals surface area contributed by atoms with E-state index in [0.29, 0.717) is 27.3 Å². The number of pyridine rings is 1. The van der Waals surface area contributed by atoms with Gasteiger partial charge in [0.2, 0.25) is 0 Å². The van der Waals surface area contributed by atoms with Crippen molar-refractivity contribution in [1.82, 2.24) is 15.2 Å². The molecule has 0 atom stereocenters. The van der Waals surface area contributed by atoms with Crippen LogP contribution in [-0.4, -0.2) is 34.0 Å². The zero-order chi connectivity index (χ0) is 17.4. The molecule has 0 amide bonds. The molecule has 0 unspecified atom stereocenters. The summed E-state index contributed by atoms with van der Waals surface area (Å²) in [5.41, 5.74) is 3.19. The number of methoxy groups -OCH3 is 1. The number of fused-ring (bicyclic) bond motifs is 1. The number of carbonyl (C=O) groups excluding carboxylic acids is 2. The number of benzene rings is 1. The van der Waals surface area contributed by atoms with Crippen LogP contribution in [0, 0.1) is 13.8 Å². The third-order valence-electron chi connectivity index (χ3n) is 3.79. The smallest absolute Gasteiger partial charge is 0.379 e. The Labute approximate surface area is 142 Å². The van der Waals surface area contributed by atoms with E-state index < -0.39 is 11.8 Å². The van der Waals surface area contributed by atoms with E-state index in [1.165, 1.54) is 7.11 Å². The summed E-state index contributed by atoms with van der Waals surface area (Å²) in [6, 6.07) is 7.02. The summed E-state index contributed by atoms with van der Waals surface area (Å²) in [5, 5.41) is 8.29. The first-order chi connectivity index (χ1) is 11.4. The Morgan fingerprint density at radius 1 is 1.17 bits per heavy atom. The molecule has 0 bridgehead atoms. The SMILES string of the molecule is COC(=O)C(=O)c1c(C)nc2n[nH]c(C)c2c1-c1ccc(Cl)cc1. The van der Waals surface area contributed by atoms with Crippen molar-refractivity contribution in [3.63, 3.8) is 0 Å². The number of Topliss-reactive ketones (excluding diaryl/α,β-unsaturated/α-hetero) is 1. The summed E-state index contributed by atoms with van der Waals surface area (Å²) in [6.45, 7) is 3.50. The van der Waals surface area contributed by atoms with Gasteiger partial charge in [0.25, 0.3) is 5.78 Å². The number of H-pyrrole nitrogens is 1. The van der Waals surface area contributed by atoms with Gasteiger partial charge in [-0.15, -0.1) is 0 Å². The quantitative estimate of drug-likeness (QED) is 0.448. The second kappa shape index (κ2) is 6.05. The summed E-state index contributed by atoms with van der Waals surface area (Å²) in [6.07, 6.45) is 0. The molecule has 3 rings (SSSR count). The number of esters is 1. The van der Waals surface area contributed by atoms with E-state index in [1.54, 1.807) is 31.2 Å². The molecule has 0 aliphatic heterocycles. The van der Waals surface area contributed by atoms with Crippen LogP contribution in [0.2, 0.25) is 5.02 Å². The first kappa shape index (κ1) is 16.1. The van der Waals surface area contributed by atoms with E-state index in [1.807, 2.05) is 6.92 Å². The Morgan fingerprint density at radius 3 is 2.46 bits per heavy atom. The Morgan fingerprint density at radius 2 is 1.83 bits per heavy atom. The first-order valence-corrected chi connectivity index (χ1v) is 7.55. The average molecular weight is 344 g/mol. The zero-order valence-electron chi connectivity index (χ0n) is 13.3. The average Bonchev–Trinajstić information content (AvgIpc) is 2.93. The zero-order valence-corrected chi connectivity index (χ0v) is 14.1. The lowest BCUT2D eigenvalue weighted by Crippen LogP contribution is -2.19. The molecule has 0 aliphatic carbocycles. The highest BCUT2D eigenvalue weighted by molar-refractivity contribution is 6.43. The standard InChI is InChI=1S/C17H14ClN3O3/c1-8-12(15(22)17(23)24-3)14(10-4-6-11(18)7-5-10)13-9(2)20-21-16(13)19-8/h4-7H,1-3H3,(H,19,20,21). The van der Waals surface area contributed by atoms with Crippen LogP contribution in [0.3, 0.4) is 0 Å². The summed E-state index contributed by atoms with van der Waals surface area (Å²) >= 11 is 5.96. The Hall–Kier alpha value is -2.73. The van der Waals surface area contributed by atoms with E-state index in [-0.39, 0.29) is 5.56 Å². The minimum atomic E-state index is -0.935. The van der Waals surface area contributed by atoms with Gasteiger partial charge in [0.15, 0.2) is 5.65 Å². The van der Waals surface area contributed by atoms with Gasteiger partial charge in [-0.1, -0.05) is 23.7 Å². The van der Waals surface area contributed by atoms with Crippen molar-refractivity contribution in [1.29, 1.82) is 0 Å². The summed E-state index contributed by atoms with van der Waals surface area (Å²) in [7, 11) is 1.17. The highest BCUT2D eigenvalue weighted by atomic mass is 35.5. The highest BCUT2D eigenvalue weighted by Gasteiger charge is 2.27. The first-order valence-electron chi connectivity index (χ1n) is 7.18. The van der Waals surface area contributed by atoms with Crippen molar-refractivity contribution in [3.05, 3.63) is 46.2 Å². The van der Waals surface area contributed by atoms with Gasteiger partial charge in [-0.25, -0.2) is 9.78 Å². The minimum Gasteiger partial charge on any atom is -0.463 e. The van der Waals surface area contributed by atoms with E-state index in [2.05, 4.69) is 19.9 Å². The molecule has 0 aliphatic rings. The Kier molecular flexibility index (Phi) is 4.07. The fourth-order valence-electron chi connectivity index (χ4n) is 2.69. The number of aromatic amines is 1. The van der Waals surface area contributed by atoms with Gasteiger partial charge in [-0.05, 0) is 31.5 Å². The van der Waals surface area contributed by atoms with Crippen LogP contribution in [0.15, 0.2) is 24.3 Å². The molecule has 0 fully saturated rings. The molecule has 0 saturated carbocycles. The van der Waals surface area contributed by atoms with Crippen LogP contribution in [0.25, 0.3) is 22.2 Å². The van der Waals surface area contributed by atoms with Gasteiger partial charge in [-0.3, -0.25) is 9.89 Å². The maximum atomic E-state index is 12.6. The number of rotatable bonds is 3. The van der Waals surface area contributed by atoms with E-state index >= 15 is 0 Å². The number of aryl methyl sites for hydroxylation is 2. The van der Waals surface area contributed by atoms with Crippen LogP contribution in [-0.2, 0) is 9.53 Å². The number of nitrogens with zero attached hydrogens (tertiary/aromatic N) is 2. The Bertz CT molecular complexity index is 961. The third-order valence-corrected chi connectivity index (χ3v) is 4.05. The van der Waals surface area contributed by atoms with Crippen molar-refractivity contribution >= 4 is 34.4 Å². The number of carbonyl (C=O) groups is 2. The van der Waals surface area contributed by atoms with Crippen LogP contribution < -0.4 is 0 Å². The number of ketones is 1. The molecule has 122 valence electrons. The normalized spacial score (nSPS) is 10.8. The number of halogens is 1. The second-order valence-electron chi connectivity index (χ2n) is 5.32. The van der Waals surface area contributed by atoms with Crippen molar-refractivity contribution in [2.24, 2.45) is 0 Å². The van der Waals surface area contributed by atoms with E-state index in [0.717, 1.165) is 11.3 Å². The van der Waals surface area contributed by atoms with Crippen molar-refractivity contribution in [2.75, 3.05) is 7.11 Å². The predicted molar refractivity (Wildman–Crippen MR) is 90.2 cm³/mol. The maximum Gasteiger partial charge on any atom is 0.379 e. The van der Waals surface area contributed by atoms with Gasteiger partial charge < -0.3 is 4.74 Å². The third kappa shape index (κ3) is 2.55. The molecule has 2 aromatic heterocycles. The Balaban J connectivity index is 2.41. The largest absolute Gasteiger partial charge is 0.463 e. The van der Waals surface area contributed by atoms with Crippen molar-refractivity contribution in [2.45, 2.75) is 13.8 Å². The molecular weight excluding hydrogens is 330 g/mol. The molecule has 1 N–H and O–H groups in total.